The van der Waals surface area contributed by atoms with Gasteiger partial charge in [-0.1, -0.05) is 80.5 Å². The Morgan fingerprint density at radius 3 is 2.00 bits per heavy atom. The van der Waals surface area contributed by atoms with Crippen molar-refractivity contribution in [2.45, 2.75) is 8.58 Å². The van der Waals surface area contributed by atoms with Gasteiger partial charge >= 0.3 is 0 Å². The molecule has 0 heterocycles. The van der Waals surface area contributed by atoms with Crippen molar-refractivity contribution in [3.05, 3.63) is 39.9 Å². The number of halogens is 5. The highest BCUT2D eigenvalue weighted by molar-refractivity contribution is 9.08. The molecule has 0 aliphatic carbocycles. The summed E-state index contributed by atoms with van der Waals surface area (Å²) < 4.78 is -1.61. The molecule has 0 atom stereocenters. The average Bonchev–Trinajstić information content (AvgIpc) is 2.15. The van der Waals surface area contributed by atoms with Crippen LogP contribution in [0.25, 0.3) is 0 Å². The molecule has 0 N–H and O–H groups in total. The van der Waals surface area contributed by atoms with Crippen LogP contribution in [0.15, 0.2) is 24.3 Å². The van der Waals surface area contributed by atoms with E-state index in [9.17, 15) is 10.1 Å². The van der Waals surface area contributed by atoms with Gasteiger partial charge in [0.25, 0.3) is 8.94 Å². The third kappa shape index (κ3) is 8.42. The number of rotatable bonds is 2. The van der Waals surface area contributed by atoms with Crippen molar-refractivity contribution in [3.8, 4) is 0 Å². The molecule has 0 unspecified atom stereocenters. The smallest absolute Gasteiger partial charge is 0.258 e. The molecule has 0 fully saturated rings. The molecule has 0 saturated carbocycles. The summed E-state index contributed by atoms with van der Waals surface area (Å²) in [5.41, 5.74) is 0.877. The standard InChI is InChI=1S/C7H6BrNO2.CCl4/c8-5-6-3-1-2-4-7(6)9(10)11;2-1(3,4)5/h1-4H,5H2;. The van der Waals surface area contributed by atoms with Crippen LogP contribution in [-0.2, 0) is 5.33 Å². The van der Waals surface area contributed by atoms with E-state index in [-0.39, 0.29) is 10.6 Å². The van der Waals surface area contributed by atoms with E-state index in [0.717, 1.165) is 0 Å². The van der Waals surface area contributed by atoms with E-state index in [1.807, 2.05) is 0 Å². The molecular weight excluding hydrogens is 364 g/mol. The first-order chi connectivity index (χ1) is 7.25. The summed E-state index contributed by atoms with van der Waals surface area (Å²) in [4.78, 5) is 9.99. The number of nitro benzene ring substituents is 1. The normalized spacial score (nSPS) is 10.3. The largest absolute Gasteiger partial charge is 0.273 e. The highest BCUT2D eigenvalue weighted by Crippen LogP contribution is 2.29. The molecular formula is C8H6BrCl4NO2. The van der Waals surface area contributed by atoms with E-state index in [4.69, 9.17) is 46.4 Å². The summed E-state index contributed by atoms with van der Waals surface area (Å²) in [5.74, 6) is 0. The Kier molecular flexibility index (Phi) is 7.68. The monoisotopic (exact) mass is 367 g/mol. The second-order valence-corrected chi connectivity index (χ2v) is 6.44. The third-order valence-corrected chi connectivity index (χ3v) is 1.94. The van der Waals surface area contributed by atoms with Crippen LogP contribution in [0, 0.1) is 10.1 Å². The Hall–Kier alpha value is 0.260. The molecule has 0 bridgehead atoms. The number of para-hydroxylation sites is 1. The molecule has 0 saturated heterocycles. The van der Waals surface area contributed by atoms with Crippen LogP contribution in [-0.4, -0.2) is 8.18 Å². The first-order valence-corrected chi connectivity index (χ1v) is 6.43. The van der Waals surface area contributed by atoms with Crippen molar-refractivity contribution in [2.24, 2.45) is 0 Å². The van der Waals surface area contributed by atoms with E-state index in [1.165, 1.54) is 6.07 Å². The molecule has 0 aliphatic rings. The highest BCUT2D eigenvalue weighted by atomic mass is 79.9. The van der Waals surface area contributed by atoms with Gasteiger partial charge in [-0.3, -0.25) is 10.1 Å². The summed E-state index contributed by atoms with van der Waals surface area (Å²) in [6.07, 6.45) is 0. The van der Waals surface area contributed by atoms with E-state index in [0.29, 0.717) is 10.9 Å². The van der Waals surface area contributed by atoms with Crippen molar-refractivity contribution < 1.29 is 4.92 Å². The fourth-order valence-electron chi connectivity index (χ4n) is 0.802. The van der Waals surface area contributed by atoms with Gasteiger partial charge in [-0.2, -0.15) is 0 Å². The van der Waals surface area contributed by atoms with Gasteiger partial charge < -0.3 is 0 Å². The van der Waals surface area contributed by atoms with Gasteiger partial charge in [0.15, 0.2) is 0 Å². The first kappa shape index (κ1) is 16.3. The maximum atomic E-state index is 10.4. The maximum Gasteiger partial charge on any atom is 0.273 e. The first-order valence-electron chi connectivity index (χ1n) is 3.79. The van der Waals surface area contributed by atoms with Crippen LogP contribution in [0.1, 0.15) is 5.56 Å². The minimum absolute atomic E-state index is 0.171. The lowest BCUT2D eigenvalue weighted by atomic mass is 10.2. The molecule has 0 radical (unpaired) electrons. The lowest BCUT2D eigenvalue weighted by Crippen LogP contribution is -1.91. The Labute approximate surface area is 121 Å². The fourth-order valence-corrected chi connectivity index (χ4v) is 1.28. The van der Waals surface area contributed by atoms with Gasteiger partial charge in [0.05, 0.1) is 4.92 Å². The zero-order valence-corrected chi connectivity index (χ0v) is 12.3. The molecule has 8 heteroatoms. The number of alkyl halides is 5. The molecule has 0 aromatic heterocycles. The molecule has 1 aromatic carbocycles. The van der Waals surface area contributed by atoms with Crippen molar-refractivity contribution in [1.29, 1.82) is 0 Å². The zero-order valence-electron chi connectivity index (χ0n) is 7.67. The van der Waals surface area contributed by atoms with Gasteiger partial charge in [-0.25, -0.2) is 0 Å². The van der Waals surface area contributed by atoms with Gasteiger partial charge in [0.2, 0.25) is 0 Å². The highest BCUT2D eigenvalue weighted by Gasteiger charge is 2.11. The Bertz CT molecular complexity index is 350. The Morgan fingerprint density at radius 1 is 1.25 bits per heavy atom. The fraction of sp³-hybridized carbons (Fsp3) is 0.250. The molecule has 90 valence electrons. The molecule has 0 aliphatic heterocycles. The summed E-state index contributed by atoms with van der Waals surface area (Å²) in [7, 11) is 0. The number of hydrogen-bond acceptors (Lipinski definition) is 2. The summed E-state index contributed by atoms with van der Waals surface area (Å²) in [5, 5.41) is 10.9. The quantitative estimate of drug-likeness (QED) is 0.416. The summed E-state index contributed by atoms with van der Waals surface area (Å²) >= 11 is 22.5. The van der Waals surface area contributed by atoms with Crippen molar-refractivity contribution in [2.75, 3.05) is 0 Å². The number of hydrogen-bond donors (Lipinski definition) is 0. The van der Waals surface area contributed by atoms with Gasteiger partial charge in [0.1, 0.15) is 0 Å². The minimum Gasteiger partial charge on any atom is -0.258 e. The molecule has 1 aromatic rings. The van der Waals surface area contributed by atoms with Gasteiger partial charge in [-0.05, 0) is 0 Å². The summed E-state index contributed by atoms with van der Waals surface area (Å²) in [6.45, 7) is 0. The van der Waals surface area contributed by atoms with E-state index in [1.54, 1.807) is 18.2 Å². The Morgan fingerprint density at radius 2 is 1.69 bits per heavy atom. The SMILES string of the molecule is ClC(Cl)(Cl)Cl.O=[N+]([O-])c1ccccc1CBr. The van der Waals surface area contributed by atoms with E-state index in [2.05, 4.69) is 15.9 Å². The van der Waals surface area contributed by atoms with Crippen LogP contribution in [0.5, 0.6) is 0 Å². The van der Waals surface area contributed by atoms with Crippen LogP contribution in [0.3, 0.4) is 0 Å². The predicted molar refractivity (Wildman–Crippen MR) is 71.9 cm³/mol. The third-order valence-electron chi connectivity index (χ3n) is 1.33. The van der Waals surface area contributed by atoms with Crippen LogP contribution in [0.4, 0.5) is 5.69 Å². The molecule has 3 nitrogen and oxygen atoms in total. The van der Waals surface area contributed by atoms with Crippen LogP contribution in [0.2, 0.25) is 0 Å². The number of nitrogens with zero attached hydrogens (tertiary/aromatic N) is 1. The molecule has 0 spiro atoms. The molecule has 0 amide bonds. The maximum absolute atomic E-state index is 10.4. The second-order valence-electron chi connectivity index (χ2n) is 2.45. The number of benzene rings is 1. The van der Waals surface area contributed by atoms with Crippen LogP contribution >= 0.6 is 62.3 Å². The average molecular weight is 370 g/mol. The predicted octanol–water partition coefficient (Wildman–Crippen LogP) is 5.04. The van der Waals surface area contributed by atoms with Gasteiger partial charge in [-0.15, -0.1) is 0 Å². The topological polar surface area (TPSA) is 43.1 Å². The zero-order chi connectivity index (χ0) is 12.8. The van der Waals surface area contributed by atoms with Crippen molar-refractivity contribution in [1.82, 2.24) is 0 Å². The lowest BCUT2D eigenvalue weighted by molar-refractivity contribution is -0.385. The second kappa shape index (κ2) is 7.56. The minimum atomic E-state index is -1.61. The number of nitro groups is 1. The van der Waals surface area contributed by atoms with Gasteiger partial charge in [0, 0.05) is 17.0 Å². The molecule has 16 heavy (non-hydrogen) atoms. The molecule has 1 rings (SSSR count). The van der Waals surface area contributed by atoms with E-state index < -0.39 is 3.25 Å². The van der Waals surface area contributed by atoms with Crippen molar-refractivity contribution >= 4 is 68.0 Å². The summed E-state index contributed by atoms with van der Waals surface area (Å²) in [6, 6.07) is 6.66. The van der Waals surface area contributed by atoms with Crippen LogP contribution < -0.4 is 0 Å². The lowest BCUT2D eigenvalue weighted by Gasteiger charge is -1.95. The van der Waals surface area contributed by atoms with Crippen molar-refractivity contribution in [3.63, 3.8) is 0 Å². The Balaban J connectivity index is 0.000000385. The van der Waals surface area contributed by atoms with E-state index >= 15 is 0 Å².